The van der Waals surface area contributed by atoms with Crippen LogP contribution in [-0.2, 0) is 4.79 Å². The molecule has 1 atom stereocenters. The Bertz CT molecular complexity index is 333. The topological polar surface area (TPSA) is 56.0 Å². The van der Waals surface area contributed by atoms with Gasteiger partial charge in [0.05, 0.1) is 5.92 Å². The van der Waals surface area contributed by atoms with Crippen LogP contribution >= 0.6 is 0 Å². The van der Waals surface area contributed by atoms with Gasteiger partial charge in [-0.05, 0) is 19.8 Å². The molecule has 0 spiro atoms. The van der Waals surface area contributed by atoms with Gasteiger partial charge in [-0.25, -0.2) is 0 Å². The summed E-state index contributed by atoms with van der Waals surface area (Å²) in [6, 6.07) is 0. The molecular weight excluding hydrogens is 180 g/mol. The first kappa shape index (κ1) is 9.37. The van der Waals surface area contributed by atoms with Gasteiger partial charge in [-0.2, -0.15) is 4.98 Å². The van der Waals surface area contributed by atoms with Crippen molar-refractivity contribution in [2.45, 2.75) is 44.9 Å². The van der Waals surface area contributed by atoms with Crippen molar-refractivity contribution in [2.24, 2.45) is 0 Å². The molecule has 1 heterocycles. The van der Waals surface area contributed by atoms with Crippen LogP contribution in [-0.4, -0.2) is 15.9 Å². The lowest BCUT2D eigenvalue weighted by molar-refractivity contribution is -0.120. The number of hydrogen-bond acceptors (Lipinski definition) is 4. The molecular formula is C10H14N2O2. The quantitative estimate of drug-likeness (QED) is 0.641. The molecule has 76 valence electrons. The fourth-order valence-electron chi connectivity index (χ4n) is 1.88. The van der Waals surface area contributed by atoms with Gasteiger partial charge in [-0.3, -0.25) is 4.79 Å². The molecule has 1 unspecified atom stereocenters. The first-order valence-corrected chi connectivity index (χ1v) is 5.10. The second kappa shape index (κ2) is 3.90. The molecule has 1 aliphatic carbocycles. The van der Waals surface area contributed by atoms with Crippen molar-refractivity contribution in [3.63, 3.8) is 0 Å². The maximum Gasteiger partial charge on any atom is 0.237 e. The van der Waals surface area contributed by atoms with Crippen LogP contribution in [0.4, 0.5) is 0 Å². The number of aromatic nitrogens is 2. The summed E-state index contributed by atoms with van der Waals surface area (Å²) in [5, 5.41) is 3.72. The number of Topliss-reactive ketones (excluding diaryl/α,β-unsaturated/α-hetero) is 1. The van der Waals surface area contributed by atoms with Gasteiger partial charge in [-0.1, -0.05) is 18.0 Å². The molecule has 0 amide bonds. The van der Waals surface area contributed by atoms with Crippen LogP contribution < -0.4 is 0 Å². The predicted molar refractivity (Wildman–Crippen MR) is 49.9 cm³/mol. The lowest BCUT2D eigenvalue weighted by Gasteiger charge is -2.05. The van der Waals surface area contributed by atoms with Crippen LogP contribution in [0.5, 0.6) is 0 Å². The van der Waals surface area contributed by atoms with Crippen molar-refractivity contribution in [1.82, 2.24) is 10.1 Å². The molecule has 14 heavy (non-hydrogen) atoms. The van der Waals surface area contributed by atoms with E-state index < -0.39 is 0 Å². The van der Waals surface area contributed by atoms with E-state index in [4.69, 9.17) is 4.52 Å². The summed E-state index contributed by atoms with van der Waals surface area (Å²) in [5.41, 5.74) is 0. The molecule has 0 radical (unpaired) electrons. The average Bonchev–Trinajstić information content (AvgIpc) is 2.46. The predicted octanol–water partition coefficient (Wildman–Crippen LogP) is 1.99. The molecule has 4 nitrogen and oxygen atoms in total. The third-order valence-electron chi connectivity index (χ3n) is 2.65. The maximum absolute atomic E-state index is 11.7. The third kappa shape index (κ3) is 1.84. The maximum atomic E-state index is 11.7. The zero-order valence-corrected chi connectivity index (χ0v) is 8.32. The van der Waals surface area contributed by atoms with Crippen molar-refractivity contribution >= 4 is 5.78 Å². The third-order valence-corrected chi connectivity index (χ3v) is 2.65. The van der Waals surface area contributed by atoms with Crippen LogP contribution in [0.15, 0.2) is 4.52 Å². The summed E-state index contributed by atoms with van der Waals surface area (Å²) < 4.78 is 5.05. The number of rotatable bonds is 1. The van der Waals surface area contributed by atoms with Gasteiger partial charge in [0.2, 0.25) is 5.89 Å². The van der Waals surface area contributed by atoms with E-state index in [1.54, 1.807) is 6.92 Å². The second-order valence-corrected chi connectivity index (χ2v) is 3.80. The minimum Gasteiger partial charge on any atom is -0.339 e. The number of hydrogen-bond donors (Lipinski definition) is 0. The highest BCUT2D eigenvalue weighted by Crippen LogP contribution is 2.27. The van der Waals surface area contributed by atoms with Crippen LogP contribution in [0.3, 0.4) is 0 Å². The fraction of sp³-hybridized carbons (Fsp3) is 0.700. The van der Waals surface area contributed by atoms with Crippen LogP contribution in [0, 0.1) is 6.92 Å². The van der Waals surface area contributed by atoms with E-state index >= 15 is 0 Å². The van der Waals surface area contributed by atoms with Gasteiger partial charge >= 0.3 is 0 Å². The molecule has 0 N–H and O–H groups in total. The lowest BCUT2D eigenvalue weighted by Crippen LogP contribution is -2.10. The fourth-order valence-corrected chi connectivity index (χ4v) is 1.88. The Morgan fingerprint density at radius 3 is 2.93 bits per heavy atom. The first-order chi connectivity index (χ1) is 6.77. The molecule has 1 saturated carbocycles. The summed E-state index contributed by atoms with van der Waals surface area (Å²) in [7, 11) is 0. The van der Waals surface area contributed by atoms with Crippen LogP contribution in [0.1, 0.15) is 49.7 Å². The highest BCUT2D eigenvalue weighted by atomic mass is 16.5. The highest BCUT2D eigenvalue weighted by Gasteiger charge is 2.27. The Morgan fingerprint density at radius 1 is 1.36 bits per heavy atom. The van der Waals surface area contributed by atoms with Crippen molar-refractivity contribution in [3.8, 4) is 0 Å². The van der Waals surface area contributed by atoms with Gasteiger partial charge in [0.25, 0.3) is 0 Å². The highest BCUT2D eigenvalue weighted by molar-refractivity contribution is 5.84. The molecule has 4 heteroatoms. The molecule has 0 saturated heterocycles. The molecule has 1 aromatic heterocycles. The summed E-state index contributed by atoms with van der Waals surface area (Å²) in [6.45, 7) is 1.77. The van der Waals surface area contributed by atoms with E-state index in [2.05, 4.69) is 10.1 Å². The van der Waals surface area contributed by atoms with Crippen molar-refractivity contribution in [1.29, 1.82) is 0 Å². The average molecular weight is 194 g/mol. The Labute approximate surface area is 82.7 Å². The summed E-state index contributed by atoms with van der Waals surface area (Å²) in [6.07, 6.45) is 4.74. The standard InChI is InChI=1S/C10H14N2O2/c1-7-11-10(14-12-7)8-5-3-2-4-6-9(8)13/h8H,2-6H2,1H3. The Hall–Kier alpha value is -1.19. The van der Waals surface area contributed by atoms with E-state index in [0.717, 1.165) is 25.7 Å². The van der Waals surface area contributed by atoms with Crippen LogP contribution in [0.25, 0.3) is 0 Å². The Morgan fingerprint density at radius 2 is 2.21 bits per heavy atom. The van der Waals surface area contributed by atoms with E-state index in [-0.39, 0.29) is 11.7 Å². The van der Waals surface area contributed by atoms with Gasteiger partial charge in [0, 0.05) is 6.42 Å². The lowest BCUT2D eigenvalue weighted by atomic mass is 9.99. The minimum atomic E-state index is -0.140. The number of ketones is 1. The molecule has 1 fully saturated rings. The Kier molecular flexibility index (Phi) is 2.61. The smallest absolute Gasteiger partial charge is 0.237 e. The second-order valence-electron chi connectivity index (χ2n) is 3.80. The normalized spacial score (nSPS) is 23.5. The number of carbonyl (C=O) groups excluding carboxylic acids is 1. The number of carbonyl (C=O) groups is 1. The minimum absolute atomic E-state index is 0.140. The molecule has 0 aliphatic heterocycles. The van der Waals surface area contributed by atoms with Crippen molar-refractivity contribution in [3.05, 3.63) is 11.7 Å². The van der Waals surface area contributed by atoms with Crippen LogP contribution in [0.2, 0.25) is 0 Å². The van der Waals surface area contributed by atoms with Gasteiger partial charge < -0.3 is 4.52 Å². The molecule has 0 bridgehead atoms. The van der Waals surface area contributed by atoms with Crippen molar-refractivity contribution in [2.75, 3.05) is 0 Å². The zero-order chi connectivity index (χ0) is 9.97. The molecule has 1 aliphatic rings. The summed E-state index contributed by atoms with van der Waals surface area (Å²) in [4.78, 5) is 15.8. The van der Waals surface area contributed by atoms with Gasteiger partial charge in [0.15, 0.2) is 5.82 Å². The number of aryl methyl sites for hydroxylation is 1. The number of nitrogens with zero attached hydrogens (tertiary/aromatic N) is 2. The largest absolute Gasteiger partial charge is 0.339 e. The van der Waals surface area contributed by atoms with E-state index in [9.17, 15) is 4.79 Å². The van der Waals surface area contributed by atoms with Crippen molar-refractivity contribution < 1.29 is 9.32 Å². The Balaban J connectivity index is 2.18. The van der Waals surface area contributed by atoms with Gasteiger partial charge in [0.1, 0.15) is 5.78 Å². The zero-order valence-electron chi connectivity index (χ0n) is 8.32. The summed E-state index contributed by atoms with van der Waals surface area (Å²) >= 11 is 0. The van der Waals surface area contributed by atoms with Gasteiger partial charge in [-0.15, -0.1) is 0 Å². The van der Waals surface area contributed by atoms with E-state index in [1.807, 2.05) is 0 Å². The molecule has 0 aromatic carbocycles. The first-order valence-electron chi connectivity index (χ1n) is 5.10. The SMILES string of the molecule is Cc1noc(C2CCCCCC2=O)n1. The molecule has 1 aromatic rings. The summed E-state index contributed by atoms with van der Waals surface area (Å²) in [5.74, 6) is 1.23. The monoisotopic (exact) mass is 194 g/mol. The molecule has 2 rings (SSSR count). The van der Waals surface area contributed by atoms with E-state index in [0.29, 0.717) is 18.1 Å². The van der Waals surface area contributed by atoms with E-state index in [1.165, 1.54) is 0 Å².